The van der Waals surface area contributed by atoms with E-state index in [1.807, 2.05) is 6.92 Å². The van der Waals surface area contributed by atoms with Crippen molar-refractivity contribution in [2.45, 2.75) is 13.0 Å². The van der Waals surface area contributed by atoms with E-state index in [9.17, 15) is 8.78 Å². The number of halogens is 2. The van der Waals surface area contributed by atoms with Gasteiger partial charge in [-0.05, 0) is 30.3 Å². The van der Waals surface area contributed by atoms with E-state index in [1.165, 1.54) is 19.2 Å². The lowest BCUT2D eigenvalue weighted by Crippen LogP contribution is -2.23. The molecular weight excluding hydrogens is 264 g/mol. The minimum Gasteiger partial charge on any atom is -0.480 e. The summed E-state index contributed by atoms with van der Waals surface area (Å²) >= 11 is 0. The molecule has 0 saturated carbocycles. The van der Waals surface area contributed by atoms with Crippen LogP contribution in [0.1, 0.15) is 24.2 Å². The Morgan fingerprint density at radius 3 is 2.35 bits per heavy atom. The van der Waals surface area contributed by atoms with Crippen LogP contribution in [-0.2, 0) is 0 Å². The van der Waals surface area contributed by atoms with Crippen LogP contribution in [0.25, 0.3) is 0 Å². The lowest BCUT2D eigenvalue weighted by atomic mass is 10.0. The second kappa shape index (κ2) is 6.38. The van der Waals surface area contributed by atoms with Crippen LogP contribution in [-0.4, -0.2) is 23.9 Å². The van der Waals surface area contributed by atoms with Crippen molar-refractivity contribution < 1.29 is 13.5 Å². The number of nitrogens with one attached hydrogen (secondary N) is 1. The number of hydrogen-bond donors (Lipinski definition) is 1. The Labute approximate surface area is 115 Å². The van der Waals surface area contributed by atoms with Crippen molar-refractivity contribution in [2.24, 2.45) is 0 Å². The Bertz CT molecular complexity index is 555. The van der Waals surface area contributed by atoms with Gasteiger partial charge in [-0.25, -0.2) is 8.78 Å². The maximum absolute atomic E-state index is 13.3. The second-order valence-electron chi connectivity index (χ2n) is 4.19. The van der Waals surface area contributed by atoms with Gasteiger partial charge in [0.2, 0.25) is 5.88 Å². The van der Waals surface area contributed by atoms with Crippen LogP contribution < -0.4 is 10.1 Å². The molecule has 0 amide bonds. The average Bonchev–Trinajstić information content (AvgIpc) is 2.44. The van der Waals surface area contributed by atoms with E-state index < -0.39 is 17.7 Å². The molecule has 0 aliphatic heterocycles. The predicted octanol–water partition coefficient (Wildman–Crippen LogP) is 2.46. The zero-order valence-electron chi connectivity index (χ0n) is 11.2. The van der Waals surface area contributed by atoms with Crippen molar-refractivity contribution in [3.05, 3.63) is 53.2 Å². The Kier molecular flexibility index (Phi) is 4.57. The lowest BCUT2D eigenvalue weighted by molar-refractivity contribution is 0.390. The fourth-order valence-electron chi connectivity index (χ4n) is 1.93. The number of ether oxygens (including phenoxy) is 1. The van der Waals surface area contributed by atoms with E-state index in [0.29, 0.717) is 23.7 Å². The Hall–Kier alpha value is -2.08. The van der Waals surface area contributed by atoms with Crippen molar-refractivity contribution >= 4 is 0 Å². The molecule has 1 heterocycles. The summed E-state index contributed by atoms with van der Waals surface area (Å²) in [5, 5.41) is 11.0. The molecule has 1 unspecified atom stereocenters. The molecule has 0 saturated heterocycles. The average molecular weight is 279 g/mol. The van der Waals surface area contributed by atoms with Crippen molar-refractivity contribution in [3.63, 3.8) is 0 Å². The summed E-state index contributed by atoms with van der Waals surface area (Å²) in [7, 11) is 1.49. The minimum atomic E-state index is -0.621. The molecule has 4 nitrogen and oxygen atoms in total. The number of methoxy groups -OCH3 is 1. The monoisotopic (exact) mass is 279 g/mol. The normalized spacial score (nSPS) is 12.2. The highest BCUT2D eigenvalue weighted by atomic mass is 19.1. The maximum Gasteiger partial charge on any atom is 0.233 e. The fraction of sp³-hybridized carbons (Fsp3) is 0.286. The maximum atomic E-state index is 13.3. The van der Waals surface area contributed by atoms with Gasteiger partial charge in [0.25, 0.3) is 0 Å². The Morgan fingerprint density at radius 1 is 1.15 bits per heavy atom. The van der Waals surface area contributed by atoms with Gasteiger partial charge < -0.3 is 10.1 Å². The van der Waals surface area contributed by atoms with Gasteiger partial charge in [0.05, 0.1) is 18.8 Å². The predicted molar refractivity (Wildman–Crippen MR) is 70.5 cm³/mol. The highest BCUT2D eigenvalue weighted by Gasteiger charge is 2.17. The van der Waals surface area contributed by atoms with Crippen LogP contribution >= 0.6 is 0 Å². The molecule has 0 fully saturated rings. The second-order valence-corrected chi connectivity index (χ2v) is 4.19. The molecule has 1 aromatic heterocycles. The molecule has 1 N–H and O–H groups in total. The SMILES string of the molecule is CCNC(c1cc(F)cc(F)c1)c1ccc(OC)nn1. The molecule has 0 aliphatic carbocycles. The van der Waals surface area contributed by atoms with Gasteiger partial charge in [-0.15, -0.1) is 10.2 Å². The van der Waals surface area contributed by atoms with Crippen LogP contribution in [0.4, 0.5) is 8.78 Å². The third kappa shape index (κ3) is 3.27. The summed E-state index contributed by atoms with van der Waals surface area (Å²) in [4.78, 5) is 0. The zero-order valence-corrected chi connectivity index (χ0v) is 11.2. The standard InChI is InChI=1S/C14H15F2N3O/c1-3-17-14(9-6-10(15)8-11(16)7-9)12-4-5-13(20-2)19-18-12/h4-8,14,17H,3H2,1-2H3. The number of rotatable bonds is 5. The van der Waals surface area contributed by atoms with Crippen LogP contribution in [0, 0.1) is 11.6 Å². The third-order valence-electron chi connectivity index (χ3n) is 2.79. The first-order valence-corrected chi connectivity index (χ1v) is 6.21. The fourth-order valence-corrected chi connectivity index (χ4v) is 1.93. The number of aromatic nitrogens is 2. The quantitative estimate of drug-likeness (QED) is 0.913. The number of nitrogens with zero attached hydrogens (tertiary/aromatic N) is 2. The molecule has 0 radical (unpaired) electrons. The number of benzene rings is 1. The topological polar surface area (TPSA) is 47.0 Å². The Balaban J connectivity index is 2.38. The number of hydrogen-bond acceptors (Lipinski definition) is 4. The summed E-state index contributed by atoms with van der Waals surface area (Å²) in [6, 6.07) is 6.34. The van der Waals surface area contributed by atoms with E-state index in [4.69, 9.17) is 4.74 Å². The van der Waals surface area contributed by atoms with Crippen LogP contribution in [0.15, 0.2) is 30.3 Å². The summed E-state index contributed by atoms with van der Waals surface area (Å²) < 4.78 is 31.6. The minimum absolute atomic E-state index is 0.384. The molecule has 2 rings (SSSR count). The smallest absolute Gasteiger partial charge is 0.233 e. The van der Waals surface area contributed by atoms with Gasteiger partial charge in [-0.3, -0.25) is 0 Å². The van der Waals surface area contributed by atoms with Crippen molar-refractivity contribution in [3.8, 4) is 5.88 Å². The summed E-state index contributed by atoms with van der Waals surface area (Å²) in [5.41, 5.74) is 1.03. The molecule has 6 heteroatoms. The molecule has 0 aliphatic rings. The first-order chi connectivity index (χ1) is 9.63. The van der Waals surface area contributed by atoms with Gasteiger partial charge in [0, 0.05) is 12.1 Å². The van der Waals surface area contributed by atoms with E-state index in [-0.39, 0.29) is 0 Å². The first-order valence-electron chi connectivity index (χ1n) is 6.21. The largest absolute Gasteiger partial charge is 0.480 e. The highest BCUT2D eigenvalue weighted by molar-refractivity contribution is 5.29. The molecule has 2 aromatic rings. The lowest BCUT2D eigenvalue weighted by Gasteiger charge is -2.17. The molecule has 20 heavy (non-hydrogen) atoms. The van der Waals surface area contributed by atoms with Gasteiger partial charge >= 0.3 is 0 Å². The van der Waals surface area contributed by atoms with Crippen LogP contribution in [0.3, 0.4) is 0 Å². The molecule has 1 aromatic carbocycles. The molecule has 1 atom stereocenters. The molecular formula is C14H15F2N3O. The van der Waals surface area contributed by atoms with Gasteiger partial charge in [-0.1, -0.05) is 6.92 Å². The van der Waals surface area contributed by atoms with Crippen molar-refractivity contribution in [1.29, 1.82) is 0 Å². The zero-order chi connectivity index (χ0) is 14.5. The van der Waals surface area contributed by atoms with Gasteiger partial charge in [-0.2, -0.15) is 0 Å². The van der Waals surface area contributed by atoms with Gasteiger partial charge in [0.15, 0.2) is 0 Å². The first kappa shape index (κ1) is 14.3. The van der Waals surface area contributed by atoms with E-state index in [2.05, 4.69) is 15.5 Å². The van der Waals surface area contributed by atoms with E-state index in [1.54, 1.807) is 12.1 Å². The van der Waals surface area contributed by atoms with Gasteiger partial charge in [0.1, 0.15) is 11.6 Å². The molecule has 0 spiro atoms. The third-order valence-corrected chi connectivity index (χ3v) is 2.79. The van der Waals surface area contributed by atoms with E-state index in [0.717, 1.165) is 6.07 Å². The van der Waals surface area contributed by atoms with Crippen LogP contribution in [0.2, 0.25) is 0 Å². The summed E-state index contributed by atoms with van der Waals surface area (Å²) in [5.74, 6) is -0.858. The summed E-state index contributed by atoms with van der Waals surface area (Å²) in [6.07, 6.45) is 0. The Morgan fingerprint density at radius 2 is 1.85 bits per heavy atom. The summed E-state index contributed by atoms with van der Waals surface area (Å²) in [6.45, 7) is 2.52. The highest BCUT2D eigenvalue weighted by Crippen LogP contribution is 2.22. The van der Waals surface area contributed by atoms with Crippen molar-refractivity contribution in [1.82, 2.24) is 15.5 Å². The molecule has 106 valence electrons. The van der Waals surface area contributed by atoms with E-state index >= 15 is 0 Å². The van der Waals surface area contributed by atoms with Crippen molar-refractivity contribution in [2.75, 3.05) is 13.7 Å². The van der Waals surface area contributed by atoms with Crippen LogP contribution in [0.5, 0.6) is 5.88 Å². The molecule has 0 bridgehead atoms.